The molecule has 122 valence electrons. The molecule has 0 spiro atoms. The average Bonchev–Trinajstić information content (AvgIpc) is 3.03. The second-order valence-corrected chi connectivity index (χ2v) is 5.68. The summed E-state index contributed by atoms with van der Waals surface area (Å²) in [5, 5.41) is 3.13. The van der Waals surface area contributed by atoms with Crippen molar-refractivity contribution in [1.82, 2.24) is 5.32 Å². The van der Waals surface area contributed by atoms with Gasteiger partial charge in [-0.15, -0.1) is 0 Å². The van der Waals surface area contributed by atoms with Gasteiger partial charge in [0, 0.05) is 18.7 Å². The van der Waals surface area contributed by atoms with Gasteiger partial charge in [0.1, 0.15) is 5.75 Å². The number of benzene rings is 1. The van der Waals surface area contributed by atoms with Crippen LogP contribution in [-0.4, -0.2) is 31.8 Å². The van der Waals surface area contributed by atoms with E-state index in [0.717, 1.165) is 43.7 Å². The van der Waals surface area contributed by atoms with Crippen LogP contribution in [0.2, 0.25) is 0 Å². The van der Waals surface area contributed by atoms with E-state index in [9.17, 15) is 0 Å². The van der Waals surface area contributed by atoms with E-state index in [1.165, 1.54) is 5.56 Å². The van der Waals surface area contributed by atoms with E-state index in [0.29, 0.717) is 19.1 Å². The zero-order valence-corrected chi connectivity index (χ0v) is 13.6. The zero-order valence-electron chi connectivity index (χ0n) is 13.6. The predicted octanol–water partition coefficient (Wildman–Crippen LogP) is 2.37. The number of nitrogens with two attached hydrogens (primary N) is 1. The highest BCUT2D eigenvalue weighted by Gasteiger charge is 2.14. The van der Waals surface area contributed by atoms with Gasteiger partial charge in [0.2, 0.25) is 0 Å². The topological polar surface area (TPSA) is 68.9 Å². The lowest BCUT2D eigenvalue weighted by Gasteiger charge is -2.12. The number of rotatable bonds is 7. The standard InChI is InChI=1S/C17H27N3O2/c1-3-8-22-16-10-13(2)6-7-14(16)11-19-17(18)20-12-15-5-4-9-21-15/h6-7,10,15H,3-5,8-9,11-12H2,1-2H3,(H3,18,19,20). The van der Waals surface area contributed by atoms with Crippen LogP contribution in [0.5, 0.6) is 5.75 Å². The molecule has 0 saturated carbocycles. The molecule has 2 rings (SSSR count). The average molecular weight is 305 g/mol. The van der Waals surface area contributed by atoms with E-state index < -0.39 is 0 Å². The Bertz CT molecular complexity index is 497. The summed E-state index contributed by atoms with van der Waals surface area (Å²) in [6.45, 7) is 6.97. The maximum absolute atomic E-state index is 5.92. The number of nitrogens with zero attached hydrogens (tertiary/aromatic N) is 1. The number of hydrogen-bond donors (Lipinski definition) is 2. The molecule has 0 aromatic heterocycles. The Morgan fingerprint density at radius 3 is 3.09 bits per heavy atom. The minimum Gasteiger partial charge on any atom is -0.493 e. The maximum atomic E-state index is 5.92. The van der Waals surface area contributed by atoms with Crippen LogP contribution in [0.3, 0.4) is 0 Å². The highest BCUT2D eigenvalue weighted by molar-refractivity contribution is 5.77. The second kappa shape index (κ2) is 8.63. The summed E-state index contributed by atoms with van der Waals surface area (Å²) in [7, 11) is 0. The van der Waals surface area contributed by atoms with Crippen molar-refractivity contribution in [2.24, 2.45) is 10.7 Å². The highest BCUT2D eigenvalue weighted by atomic mass is 16.5. The molecule has 1 atom stereocenters. The molecule has 1 aliphatic rings. The van der Waals surface area contributed by atoms with Crippen molar-refractivity contribution in [3.8, 4) is 5.75 Å². The van der Waals surface area contributed by atoms with Crippen LogP contribution in [0.1, 0.15) is 37.3 Å². The van der Waals surface area contributed by atoms with Crippen molar-refractivity contribution in [2.75, 3.05) is 19.8 Å². The quantitative estimate of drug-likeness (QED) is 0.599. The molecule has 0 aliphatic carbocycles. The van der Waals surface area contributed by atoms with Gasteiger partial charge in [0.25, 0.3) is 0 Å². The third-order valence-electron chi connectivity index (χ3n) is 3.64. The van der Waals surface area contributed by atoms with Crippen LogP contribution < -0.4 is 15.8 Å². The third-order valence-corrected chi connectivity index (χ3v) is 3.64. The maximum Gasteiger partial charge on any atom is 0.189 e. The van der Waals surface area contributed by atoms with Gasteiger partial charge in [-0.05, 0) is 37.8 Å². The number of nitrogens with one attached hydrogen (secondary N) is 1. The summed E-state index contributed by atoms with van der Waals surface area (Å²) in [5.74, 6) is 1.36. The number of aliphatic imine (C=N–C) groups is 1. The molecule has 3 N–H and O–H groups in total. The van der Waals surface area contributed by atoms with Crippen molar-refractivity contribution in [2.45, 2.75) is 45.8 Å². The fourth-order valence-electron chi connectivity index (χ4n) is 2.39. The molecule has 0 radical (unpaired) electrons. The fraction of sp³-hybridized carbons (Fsp3) is 0.588. The Hall–Kier alpha value is -1.75. The van der Waals surface area contributed by atoms with Crippen molar-refractivity contribution in [1.29, 1.82) is 0 Å². The van der Waals surface area contributed by atoms with Crippen LogP contribution >= 0.6 is 0 Å². The fourth-order valence-corrected chi connectivity index (χ4v) is 2.39. The predicted molar refractivity (Wildman–Crippen MR) is 89.3 cm³/mol. The molecule has 1 aliphatic heterocycles. The van der Waals surface area contributed by atoms with Crippen LogP contribution in [0, 0.1) is 6.92 Å². The summed E-state index contributed by atoms with van der Waals surface area (Å²) >= 11 is 0. The molecule has 1 heterocycles. The van der Waals surface area contributed by atoms with Gasteiger partial charge in [-0.25, -0.2) is 4.99 Å². The first-order valence-corrected chi connectivity index (χ1v) is 8.06. The van der Waals surface area contributed by atoms with Crippen molar-refractivity contribution < 1.29 is 9.47 Å². The monoisotopic (exact) mass is 305 g/mol. The molecule has 5 heteroatoms. The van der Waals surface area contributed by atoms with E-state index in [2.05, 4.69) is 42.4 Å². The van der Waals surface area contributed by atoms with Crippen molar-refractivity contribution in [3.05, 3.63) is 29.3 Å². The van der Waals surface area contributed by atoms with Gasteiger partial charge < -0.3 is 20.5 Å². The Morgan fingerprint density at radius 1 is 1.50 bits per heavy atom. The Morgan fingerprint density at radius 2 is 2.36 bits per heavy atom. The van der Waals surface area contributed by atoms with E-state index in [4.69, 9.17) is 15.2 Å². The van der Waals surface area contributed by atoms with Crippen molar-refractivity contribution in [3.63, 3.8) is 0 Å². The number of aryl methyl sites for hydroxylation is 1. The van der Waals surface area contributed by atoms with Gasteiger partial charge >= 0.3 is 0 Å². The molecular weight excluding hydrogens is 278 g/mol. The lowest BCUT2D eigenvalue weighted by atomic mass is 10.1. The van der Waals surface area contributed by atoms with Crippen LogP contribution in [0.15, 0.2) is 23.2 Å². The van der Waals surface area contributed by atoms with E-state index in [1.54, 1.807) is 0 Å². The van der Waals surface area contributed by atoms with Crippen molar-refractivity contribution >= 4 is 5.96 Å². The van der Waals surface area contributed by atoms with Gasteiger partial charge in [-0.3, -0.25) is 0 Å². The summed E-state index contributed by atoms with van der Waals surface area (Å²) in [5.41, 5.74) is 8.16. The minimum absolute atomic E-state index is 0.261. The first kappa shape index (κ1) is 16.6. The van der Waals surface area contributed by atoms with Gasteiger partial charge in [0.15, 0.2) is 5.96 Å². The molecule has 1 unspecified atom stereocenters. The molecule has 5 nitrogen and oxygen atoms in total. The van der Waals surface area contributed by atoms with Crippen LogP contribution in [0.25, 0.3) is 0 Å². The van der Waals surface area contributed by atoms with Gasteiger partial charge in [0.05, 0.1) is 19.3 Å². The lowest BCUT2D eigenvalue weighted by Crippen LogP contribution is -2.37. The Labute approximate surface area is 132 Å². The molecule has 22 heavy (non-hydrogen) atoms. The Kier molecular flexibility index (Phi) is 6.52. The SMILES string of the molecule is CCCOc1cc(C)ccc1CN=C(N)NCC1CCCO1. The molecule has 1 fully saturated rings. The van der Waals surface area contributed by atoms with E-state index in [-0.39, 0.29) is 6.10 Å². The van der Waals surface area contributed by atoms with Gasteiger partial charge in [-0.1, -0.05) is 19.1 Å². The van der Waals surface area contributed by atoms with E-state index in [1.807, 2.05) is 0 Å². The molecule has 0 bridgehead atoms. The third kappa shape index (κ3) is 5.22. The lowest BCUT2D eigenvalue weighted by molar-refractivity contribution is 0.114. The molecule has 1 aromatic carbocycles. The molecule has 1 saturated heterocycles. The zero-order chi connectivity index (χ0) is 15.8. The summed E-state index contributed by atoms with van der Waals surface area (Å²) in [6, 6.07) is 6.17. The highest BCUT2D eigenvalue weighted by Crippen LogP contribution is 2.21. The number of ether oxygens (including phenoxy) is 2. The molecule has 1 aromatic rings. The molecule has 0 amide bonds. The molecular formula is C17H27N3O2. The van der Waals surface area contributed by atoms with E-state index >= 15 is 0 Å². The largest absolute Gasteiger partial charge is 0.493 e. The minimum atomic E-state index is 0.261. The first-order chi connectivity index (χ1) is 10.7. The van der Waals surface area contributed by atoms with Gasteiger partial charge in [-0.2, -0.15) is 0 Å². The summed E-state index contributed by atoms with van der Waals surface area (Å²) in [4.78, 5) is 4.40. The summed E-state index contributed by atoms with van der Waals surface area (Å²) in [6.07, 6.45) is 3.47. The normalized spacial score (nSPS) is 18.5. The first-order valence-electron chi connectivity index (χ1n) is 8.06. The number of guanidine groups is 1. The Balaban J connectivity index is 1.89. The van der Waals surface area contributed by atoms with Crippen LogP contribution in [0.4, 0.5) is 0 Å². The number of hydrogen-bond acceptors (Lipinski definition) is 3. The van der Waals surface area contributed by atoms with Crippen LogP contribution in [-0.2, 0) is 11.3 Å². The second-order valence-electron chi connectivity index (χ2n) is 5.68. The smallest absolute Gasteiger partial charge is 0.189 e. The summed E-state index contributed by atoms with van der Waals surface area (Å²) < 4.78 is 11.3.